The number of rotatable bonds is 0. The van der Waals surface area contributed by atoms with Gasteiger partial charge in [-0.05, 0) is 0 Å². The Morgan fingerprint density at radius 3 is 1.14 bits per heavy atom. The minimum absolute atomic E-state index is 0. The van der Waals surface area contributed by atoms with E-state index in [1.165, 1.54) is 0 Å². The zero-order valence-corrected chi connectivity index (χ0v) is 4.35. The fourth-order valence-electron chi connectivity index (χ4n) is 0. The van der Waals surface area contributed by atoms with Gasteiger partial charge in [0, 0.05) is 0 Å². The summed E-state index contributed by atoms with van der Waals surface area (Å²) in [7, 11) is -5.39. The van der Waals surface area contributed by atoms with Crippen LogP contribution in [-0.2, 0) is 4.57 Å². The van der Waals surface area contributed by atoms with Gasteiger partial charge >= 0.3 is 18.9 Å². The van der Waals surface area contributed by atoms with E-state index < -0.39 is 7.82 Å². The molecule has 0 fully saturated rings. The van der Waals surface area contributed by atoms with Crippen LogP contribution in [0.2, 0.25) is 0 Å². The van der Waals surface area contributed by atoms with Gasteiger partial charge in [-0.25, -0.2) is 0 Å². The maximum Gasteiger partial charge on any atom is 1.00 e. The topological polar surface area (TPSA) is 86.2 Å². The van der Waals surface area contributed by atoms with Gasteiger partial charge in [0.2, 0.25) is 0 Å². The first kappa shape index (κ1) is 15.6. The quantitative estimate of drug-likeness (QED) is 0.235. The Morgan fingerprint density at radius 2 is 1.14 bits per heavy atom. The van der Waals surface area contributed by atoms with Crippen LogP contribution in [0.3, 0.4) is 0 Å². The van der Waals surface area contributed by atoms with Gasteiger partial charge in [-0.15, -0.1) is 0 Å². The van der Waals surface area contributed by atoms with Crippen LogP contribution >= 0.6 is 7.82 Å². The van der Waals surface area contributed by atoms with Crippen LogP contribution in [0, 0.1) is 0 Å². The third-order valence-electron chi connectivity index (χ3n) is 0. The number of hydrogen-bond acceptors (Lipinski definition) is 4. The van der Waals surface area contributed by atoms with E-state index in [0.29, 0.717) is 0 Å². The zero-order valence-electron chi connectivity index (χ0n) is 3.46. The van der Waals surface area contributed by atoms with Crippen molar-refractivity contribution >= 4 is 7.82 Å². The largest absolute Gasteiger partial charge is 1.00 e. The van der Waals surface area contributed by atoms with Crippen molar-refractivity contribution in [1.82, 2.24) is 0 Å². The van der Waals surface area contributed by atoms with E-state index in [1.807, 2.05) is 0 Å². The predicted molar refractivity (Wildman–Crippen MR) is 7.61 cm³/mol. The molecule has 40 valence electrons. The fourth-order valence-corrected chi connectivity index (χ4v) is 0. The van der Waals surface area contributed by atoms with E-state index in [9.17, 15) is 0 Å². The van der Waals surface area contributed by atoms with Gasteiger partial charge in [-0.3, -0.25) is 0 Å². The first-order valence-corrected chi connectivity index (χ1v) is 2.19. The van der Waals surface area contributed by atoms with E-state index in [-0.39, 0.29) is 23.6 Å². The summed E-state index contributed by atoms with van der Waals surface area (Å²) in [5.74, 6) is 0. The Balaban J connectivity index is -0.0000000800. The average molecular weight is 121 g/mol. The van der Waals surface area contributed by atoms with Crippen molar-refractivity contribution in [3.63, 3.8) is 0 Å². The van der Waals surface area contributed by atoms with Gasteiger partial charge in [0.15, 0.2) is 0 Å². The second-order valence-corrected chi connectivity index (χ2v) is 1.34. The third-order valence-corrected chi connectivity index (χ3v) is 0. The first-order valence-electron chi connectivity index (χ1n) is 0.730. The normalized spacial score (nSPS) is 8.43. The van der Waals surface area contributed by atoms with Crippen LogP contribution in [0.1, 0.15) is 0 Å². The van der Waals surface area contributed by atoms with Crippen LogP contribution in [0.25, 0.3) is 0 Å². The van der Waals surface area contributed by atoms with Gasteiger partial charge in [0.1, 0.15) is 0 Å². The van der Waals surface area contributed by atoms with Gasteiger partial charge in [-0.2, -0.15) is 7.82 Å². The summed E-state index contributed by atoms with van der Waals surface area (Å²) >= 11 is 0. The number of hydrogen-bond donors (Lipinski definition) is 0. The molecule has 0 N–H and O–H groups in total. The summed E-state index contributed by atoms with van der Waals surface area (Å²) in [6.45, 7) is 0. The first-order chi connectivity index (χ1) is 2.00. The molecule has 0 aliphatic rings. The minimum Gasteiger partial charge on any atom is -1.00 e. The van der Waals surface area contributed by atoms with Gasteiger partial charge in [0.05, 0.1) is 0 Å². The molecular weight excluding hydrogens is 121 g/mol. The SMILES string of the molecule is O=P([O-])([O-])[O-].[F-].[Li+]. The van der Waals surface area contributed by atoms with Gasteiger partial charge < -0.3 is 23.9 Å². The summed E-state index contributed by atoms with van der Waals surface area (Å²) in [6.07, 6.45) is 0. The maximum absolute atomic E-state index is 8.55. The van der Waals surface area contributed by atoms with Crippen molar-refractivity contribution in [1.29, 1.82) is 0 Å². The molecule has 0 bridgehead atoms. The van der Waals surface area contributed by atoms with E-state index in [1.54, 1.807) is 0 Å². The Labute approximate surface area is 51.3 Å². The zero-order chi connectivity index (χ0) is 4.50. The standard InChI is InChI=1S/FH.Li.H3O4P/c;;1-5(2,3)4/h1H;;(H3,1,2,3,4)/q;+1;/p-4. The molecule has 0 radical (unpaired) electrons. The van der Waals surface area contributed by atoms with Gasteiger partial charge in [0.25, 0.3) is 0 Å². The summed E-state index contributed by atoms with van der Waals surface area (Å²) in [4.78, 5) is 25.6. The minimum atomic E-state index is -5.39. The van der Waals surface area contributed by atoms with Crippen LogP contribution in [-0.4, -0.2) is 0 Å². The van der Waals surface area contributed by atoms with Crippen molar-refractivity contribution in [3.8, 4) is 0 Å². The molecular formula is FLiO4P-3. The van der Waals surface area contributed by atoms with Crippen LogP contribution in [0.4, 0.5) is 0 Å². The Morgan fingerprint density at radius 1 is 1.14 bits per heavy atom. The van der Waals surface area contributed by atoms with E-state index >= 15 is 0 Å². The van der Waals surface area contributed by atoms with E-state index in [2.05, 4.69) is 0 Å². The predicted octanol–water partition coefficient (Wildman–Crippen LogP) is -8.82. The van der Waals surface area contributed by atoms with Crippen molar-refractivity contribution < 1.29 is 42.8 Å². The Kier molecular flexibility index (Phi) is 10.7. The molecule has 4 nitrogen and oxygen atoms in total. The van der Waals surface area contributed by atoms with Crippen LogP contribution in [0.15, 0.2) is 0 Å². The Hall–Kier alpha value is 0.637. The Bertz CT molecular complexity index is 57.8. The molecule has 0 aliphatic heterocycles. The maximum atomic E-state index is 8.55. The fraction of sp³-hybridized carbons (Fsp3) is 0. The molecule has 0 unspecified atom stereocenters. The molecule has 0 atom stereocenters. The van der Waals surface area contributed by atoms with E-state index in [4.69, 9.17) is 19.2 Å². The van der Waals surface area contributed by atoms with Crippen molar-refractivity contribution in [3.05, 3.63) is 0 Å². The molecule has 7 heavy (non-hydrogen) atoms. The van der Waals surface area contributed by atoms with Crippen molar-refractivity contribution in [2.24, 2.45) is 0 Å². The number of phosphoric acid groups is 1. The molecule has 0 amide bonds. The molecule has 0 spiro atoms. The molecule has 0 aliphatic carbocycles. The number of halogens is 1. The van der Waals surface area contributed by atoms with E-state index in [0.717, 1.165) is 0 Å². The molecule has 0 heterocycles. The molecule has 0 aromatic rings. The molecule has 7 heteroatoms. The summed E-state index contributed by atoms with van der Waals surface area (Å²) < 4.78 is 8.55. The molecule has 0 rings (SSSR count). The molecule has 0 saturated heterocycles. The van der Waals surface area contributed by atoms with Gasteiger partial charge in [-0.1, -0.05) is 0 Å². The average Bonchev–Trinajstić information content (AvgIpc) is 0.722. The molecule has 0 saturated carbocycles. The van der Waals surface area contributed by atoms with Crippen LogP contribution < -0.4 is 38.2 Å². The summed E-state index contributed by atoms with van der Waals surface area (Å²) in [5.41, 5.74) is 0. The second kappa shape index (κ2) is 4.79. The second-order valence-electron chi connectivity index (χ2n) is 0.447. The smallest absolute Gasteiger partial charge is 1.00 e. The monoisotopic (exact) mass is 121 g/mol. The summed E-state index contributed by atoms with van der Waals surface area (Å²) in [5, 5.41) is 0. The summed E-state index contributed by atoms with van der Waals surface area (Å²) in [6, 6.07) is 0. The van der Waals surface area contributed by atoms with Crippen LogP contribution in [0.5, 0.6) is 0 Å². The van der Waals surface area contributed by atoms with Crippen molar-refractivity contribution in [2.75, 3.05) is 0 Å². The molecule has 0 aromatic heterocycles. The van der Waals surface area contributed by atoms with Crippen molar-refractivity contribution in [2.45, 2.75) is 0 Å². The molecule has 0 aromatic carbocycles. The third kappa shape index (κ3) is 351.